The van der Waals surface area contributed by atoms with Gasteiger partial charge in [0, 0.05) is 4.88 Å². The van der Waals surface area contributed by atoms with Gasteiger partial charge in [0.25, 0.3) is 5.91 Å². The van der Waals surface area contributed by atoms with Gasteiger partial charge in [-0.1, -0.05) is 6.07 Å². The lowest BCUT2D eigenvalue weighted by molar-refractivity contribution is -0.119. The van der Waals surface area contributed by atoms with Gasteiger partial charge in [-0.25, -0.2) is 0 Å². The number of hydrogen-bond donors (Lipinski definition) is 1. The van der Waals surface area contributed by atoms with E-state index in [4.69, 9.17) is 11.5 Å². The summed E-state index contributed by atoms with van der Waals surface area (Å²) in [5.74, 6) is -0.734. The van der Waals surface area contributed by atoms with Crippen LogP contribution in [0.2, 0.25) is 0 Å². The normalized spacial score (nSPS) is 12.9. The van der Waals surface area contributed by atoms with Gasteiger partial charge in [-0.05, 0) is 11.4 Å². The lowest BCUT2D eigenvalue weighted by Gasteiger charge is -2.00. The molecule has 0 saturated carbocycles. The molecule has 1 aromatic heterocycles. The molecular weight excluding hydrogens is 148 g/mol. The van der Waals surface area contributed by atoms with Crippen molar-refractivity contribution < 1.29 is 4.79 Å². The Morgan fingerprint density at radius 3 is 2.90 bits per heavy atom. The number of carbonyl (C=O) groups is 1. The molecule has 53 valence electrons. The third kappa shape index (κ3) is 1.34. The van der Waals surface area contributed by atoms with Gasteiger partial charge in [-0.15, -0.1) is 11.3 Å². The number of thiophene rings is 1. The van der Waals surface area contributed by atoms with Crippen LogP contribution in [-0.4, -0.2) is 5.91 Å². The van der Waals surface area contributed by atoms with E-state index in [-0.39, 0.29) is 0 Å². The predicted octanol–water partition coefficient (Wildman–Crippen LogP) is 0.557. The molecule has 1 aromatic rings. The Balaban J connectivity index is 2.77. The van der Waals surface area contributed by atoms with Gasteiger partial charge >= 0.3 is 0 Å². The number of nitrogens with one attached hydrogen (secondary N) is 1. The van der Waals surface area contributed by atoms with Crippen LogP contribution in [0.3, 0.4) is 0 Å². The number of rotatable bonds is 2. The molecule has 4 heteroatoms. The SMILES string of the molecule is [NH]C(=O)C(N)c1cccs1. The van der Waals surface area contributed by atoms with Crippen LogP contribution in [0.5, 0.6) is 0 Å². The molecule has 0 spiro atoms. The molecule has 1 atom stereocenters. The smallest absolute Gasteiger partial charge is 0.260 e. The van der Waals surface area contributed by atoms with E-state index >= 15 is 0 Å². The molecule has 10 heavy (non-hydrogen) atoms. The first-order valence-corrected chi connectivity index (χ1v) is 3.64. The van der Waals surface area contributed by atoms with Crippen molar-refractivity contribution in [1.82, 2.24) is 5.73 Å². The quantitative estimate of drug-likeness (QED) is 0.678. The molecule has 0 bridgehead atoms. The second-order valence-corrected chi connectivity index (χ2v) is 2.84. The largest absolute Gasteiger partial charge is 0.315 e. The maximum Gasteiger partial charge on any atom is 0.260 e. The zero-order valence-corrected chi connectivity index (χ0v) is 6.02. The van der Waals surface area contributed by atoms with Gasteiger partial charge in [-0.3, -0.25) is 10.5 Å². The van der Waals surface area contributed by atoms with Crippen LogP contribution in [0.4, 0.5) is 0 Å². The van der Waals surface area contributed by atoms with Crippen molar-refractivity contribution in [2.24, 2.45) is 5.73 Å². The fraction of sp³-hybridized carbons (Fsp3) is 0.167. The molecule has 0 aliphatic heterocycles. The standard InChI is InChI=1S/C6H7N2OS/c7-5(6(8)9)4-2-1-3-10-4/h1-3,5,8H,7H2. The van der Waals surface area contributed by atoms with Crippen LogP contribution in [0.1, 0.15) is 10.9 Å². The van der Waals surface area contributed by atoms with E-state index in [1.807, 2.05) is 11.4 Å². The number of amides is 1. The summed E-state index contributed by atoms with van der Waals surface area (Å²) in [5.41, 5.74) is 12.1. The topological polar surface area (TPSA) is 66.9 Å². The van der Waals surface area contributed by atoms with Crippen LogP contribution in [0.15, 0.2) is 17.5 Å². The summed E-state index contributed by atoms with van der Waals surface area (Å²) in [5, 5.41) is 1.83. The maximum atomic E-state index is 10.4. The highest BCUT2D eigenvalue weighted by Gasteiger charge is 2.12. The zero-order valence-electron chi connectivity index (χ0n) is 5.20. The summed E-state index contributed by atoms with van der Waals surface area (Å²) in [6, 6.07) is 2.81. The molecule has 1 radical (unpaired) electrons. The monoisotopic (exact) mass is 155 g/mol. The van der Waals surface area contributed by atoms with Crippen LogP contribution >= 0.6 is 11.3 Å². The highest BCUT2D eigenvalue weighted by molar-refractivity contribution is 7.10. The summed E-state index contributed by atoms with van der Waals surface area (Å²) in [7, 11) is 0. The van der Waals surface area contributed by atoms with Crippen LogP contribution in [-0.2, 0) is 4.79 Å². The molecule has 1 heterocycles. The van der Waals surface area contributed by atoms with E-state index in [1.165, 1.54) is 11.3 Å². The lowest BCUT2D eigenvalue weighted by atomic mass is 10.2. The summed E-state index contributed by atoms with van der Waals surface area (Å²) in [6.07, 6.45) is 0. The Hall–Kier alpha value is -0.870. The first-order chi connectivity index (χ1) is 4.72. The Bertz CT molecular complexity index is 220. The fourth-order valence-corrected chi connectivity index (χ4v) is 1.32. The molecular formula is C6H7N2OS. The molecule has 1 rings (SSSR count). The van der Waals surface area contributed by atoms with Gasteiger partial charge in [0.05, 0.1) is 0 Å². The highest BCUT2D eigenvalue weighted by Crippen LogP contribution is 2.15. The Morgan fingerprint density at radius 2 is 2.50 bits per heavy atom. The first-order valence-electron chi connectivity index (χ1n) is 2.76. The van der Waals surface area contributed by atoms with Crippen molar-refractivity contribution in [2.45, 2.75) is 6.04 Å². The second-order valence-electron chi connectivity index (χ2n) is 1.86. The van der Waals surface area contributed by atoms with E-state index < -0.39 is 11.9 Å². The van der Waals surface area contributed by atoms with Gasteiger partial charge in [0.1, 0.15) is 6.04 Å². The van der Waals surface area contributed by atoms with E-state index in [2.05, 4.69) is 0 Å². The van der Waals surface area contributed by atoms with E-state index in [0.717, 1.165) is 4.88 Å². The molecule has 3 nitrogen and oxygen atoms in total. The van der Waals surface area contributed by atoms with Crippen LogP contribution < -0.4 is 11.5 Å². The van der Waals surface area contributed by atoms with Gasteiger partial charge in [-0.2, -0.15) is 0 Å². The highest BCUT2D eigenvalue weighted by atomic mass is 32.1. The second kappa shape index (κ2) is 2.81. The minimum atomic E-state index is -0.750. The van der Waals surface area contributed by atoms with Crippen LogP contribution in [0.25, 0.3) is 0 Å². The molecule has 0 aliphatic carbocycles. The van der Waals surface area contributed by atoms with Crippen molar-refractivity contribution in [3.63, 3.8) is 0 Å². The molecule has 1 unspecified atom stereocenters. The Morgan fingerprint density at radius 1 is 1.80 bits per heavy atom. The van der Waals surface area contributed by atoms with E-state index in [0.29, 0.717) is 0 Å². The van der Waals surface area contributed by atoms with E-state index in [1.54, 1.807) is 6.07 Å². The molecule has 3 N–H and O–H groups in total. The molecule has 0 saturated heterocycles. The van der Waals surface area contributed by atoms with Crippen molar-refractivity contribution in [3.8, 4) is 0 Å². The van der Waals surface area contributed by atoms with Crippen molar-refractivity contribution in [3.05, 3.63) is 22.4 Å². The average molecular weight is 155 g/mol. The minimum absolute atomic E-state index is 0.734. The minimum Gasteiger partial charge on any atom is -0.315 e. The molecule has 1 amide bonds. The lowest BCUT2D eigenvalue weighted by Crippen LogP contribution is -2.20. The van der Waals surface area contributed by atoms with Crippen molar-refractivity contribution in [1.29, 1.82) is 0 Å². The third-order valence-corrected chi connectivity index (χ3v) is 2.09. The van der Waals surface area contributed by atoms with Gasteiger partial charge in [0.15, 0.2) is 0 Å². The summed E-state index contributed by atoms with van der Waals surface area (Å²) in [6.45, 7) is 0. The molecule has 0 aromatic carbocycles. The van der Waals surface area contributed by atoms with E-state index in [9.17, 15) is 4.79 Å². The Labute approximate surface area is 62.6 Å². The summed E-state index contributed by atoms with van der Waals surface area (Å²) >= 11 is 1.39. The summed E-state index contributed by atoms with van der Waals surface area (Å²) in [4.78, 5) is 11.1. The zero-order chi connectivity index (χ0) is 7.56. The average Bonchev–Trinajstić information content (AvgIpc) is 2.36. The number of nitrogens with two attached hydrogens (primary N) is 1. The predicted molar refractivity (Wildman–Crippen MR) is 39.4 cm³/mol. The first kappa shape index (κ1) is 7.24. The van der Waals surface area contributed by atoms with Gasteiger partial charge < -0.3 is 5.73 Å². The maximum absolute atomic E-state index is 10.4. The number of carbonyl (C=O) groups excluding carboxylic acids is 1. The fourth-order valence-electron chi connectivity index (χ4n) is 0.597. The Kier molecular flexibility index (Phi) is 2.03. The van der Waals surface area contributed by atoms with Crippen molar-refractivity contribution in [2.75, 3.05) is 0 Å². The molecule has 0 fully saturated rings. The van der Waals surface area contributed by atoms with Gasteiger partial charge in [0.2, 0.25) is 0 Å². The third-order valence-electron chi connectivity index (χ3n) is 1.13. The molecule has 0 aliphatic rings. The summed E-state index contributed by atoms with van der Waals surface area (Å²) < 4.78 is 0. The van der Waals surface area contributed by atoms with Crippen LogP contribution in [0, 0.1) is 0 Å². The number of hydrogen-bond acceptors (Lipinski definition) is 3. The van der Waals surface area contributed by atoms with Crippen molar-refractivity contribution >= 4 is 17.2 Å².